The molecule has 0 atom stereocenters. The predicted octanol–water partition coefficient (Wildman–Crippen LogP) is 1.92. The van der Waals surface area contributed by atoms with Crippen molar-refractivity contribution in [2.24, 2.45) is 0 Å². The number of thiophene rings is 1. The fourth-order valence-electron chi connectivity index (χ4n) is 2.21. The Bertz CT molecular complexity index is 1050. The summed E-state index contributed by atoms with van der Waals surface area (Å²) in [7, 11) is 0. The quantitative estimate of drug-likeness (QED) is 0.559. The number of halogens is 1. The van der Waals surface area contributed by atoms with Crippen molar-refractivity contribution in [3.8, 4) is 10.8 Å². The molecule has 0 bridgehead atoms. The van der Waals surface area contributed by atoms with Gasteiger partial charge in [-0.15, -0.1) is 21.5 Å². The predicted molar refractivity (Wildman–Crippen MR) is 95.8 cm³/mol. The van der Waals surface area contributed by atoms with E-state index in [0.29, 0.717) is 17.1 Å². The fourth-order valence-corrected chi connectivity index (χ4v) is 3.52. The lowest BCUT2D eigenvalue weighted by atomic mass is 10.1. The van der Waals surface area contributed by atoms with E-state index >= 15 is 0 Å². The van der Waals surface area contributed by atoms with Gasteiger partial charge in [0.2, 0.25) is 0 Å². The van der Waals surface area contributed by atoms with E-state index in [-0.39, 0.29) is 25.3 Å². The number of aromatic nitrogens is 4. The third kappa shape index (κ3) is 4.35. The summed E-state index contributed by atoms with van der Waals surface area (Å²) < 4.78 is 11.5. The molecule has 0 spiro atoms. The first-order valence-corrected chi connectivity index (χ1v) is 9.09. The number of rotatable bonds is 6. The zero-order valence-corrected chi connectivity index (χ0v) is 15.9. The topological polar surface area (TPSA) is 131 Å². The average Bonchev–Trinajstić information content (AvgIpc) is 3.20. The van der Waals surface area contributed by atoms with Gasteiger partial charge < -0.3 is 14.1 Å². The summed E-state index contributed by atoms with van der Waals surface area (Å²) in [5, 5.41) is 7.74. The number of nitrogens with zero attached hydrogens (tertiary/aromatic N) is 2. The second kappa shape index (κ2) is 7.79. The number of hydrogen-bond acceptors (Lipinski definition) is 8. The van der Waals surface area contributed by atoms with Crippen LogP contribution < -0.4 is 11.2 Å². The monoisotopic (exact) mass is 440 g/mol. The van der Waals surface area contributed by atoms with Gasteiger partial charge in [0.1, 0.15) is 0 Å². The molecule has 9 nitrogen and oxygen atoms in total. The van der Waals surface area contributed by atoms with Crippen molar-refractivity contribution < 1.29 is 13.9 Å². The Labute approximate surface area is 158 Å². The van der Waals surface area contributed by atoms with Gasteiger partial charge >= 0.3 is 11.7 Å². The first-order chi connectivity index (χ1) is 12.4. The first kappa shape index (κ1) is 18.3. The Morgan fingerprint density at radius 3 is 2.81 bits per heavy atom. The smallest absolute Gasteiger partial charge is 0.325 e. The molecule has 0 amide bonds. The molecule has 3 aromatic heterocycles. The van der Waals surface area contributed by atoms with Crippen molar-refractivity contribution in [2.45, 2.75) is 26.4 Å². The van der Waals surface area contributed by atoms with Gasteiger partial charge in [-0.2, -0.15) is 0 Å². The fraction of sp³-hybridized carbons (Fsp3) is 0.267. The molecule has 3 heterocycles. The standard InChI is InChI=1S/C15H13BrN4O5S/c1-7-8(13(22)18-15(23)17-7)2-5-12(21)24-6-11-19-20-14(25-11)9-3-4-10(16)26-9/h3-4H,2,5-6H2,1H3,(H2,17,18,22,23). The van der Waals surface area contributed by atoms with Crippen LogP contribution in [0.15, 0.2) is 29.9 Å². The molecule has 0 aliphatic carbocycles. The van der Waals surface area contributed by atoms with E-state index in [1.165, 1.54) is 11.3 Å². The zero-order valence-electron chi connectivity index (χ0n) is 13.5. The summed E-state index contributed by atoms with van der Waals surface area (Å²) in [5.74, 6) is 0.00621. The summed E-state index contributed by atoms with van der Waals surface area (Å²) in [6.07, 6.45) is 0.129. The maximum absolute atomic E-state index is 11.9. The molecular weight excluding hydrogens is 428 g/mol. The maximum atomic E-state index is 11.9. The summed E-state index contributed by atoms with van der Waals surface area (Å²) in [6, 6.07) is 3.70. The Morgan fingerprint density at radius 2 is 2.12 bits per heavy atom. The van der Waals surface area contributed by atoms with Crippen LogP contribution in [0.2, 0.25) is 0 Å². The number of carbonyl (C=O) groups excluding carboxylic acids is 1. The lowest BCUT2D eigenvalue weighted by Crippen LogP contribution is -2.27. The van der Waals surface area contributed by atoms with Crippen LogP contribution in [-0.2, 0) is 22.6 Å². The molecule has 0 aliphatic rings. The number of nitrogens with one attached hydrogen (secondary N) is 2. The summed E-state index contributed by atoms with van der Waals surface area (Å²) in [4.78, 5) is 40.1. The van der Waals surface area contributed by atoms with E-state index in [1.807, 2.05) is 12.1 Å². The van der Waals surface area contributed by atoms with Crippen molar-refractivity contribution in [1.82, 2.24) is 20.2 Å². The Morgan fingerprint density at radius 1 is 1.31 bits per heavy atom. The third-order valence-corrected chi connectivity index (χ3v) is 5.05. The molecule has 3 rings (SSSR count). The highest BCUT2D eigenvalue weighted by atomic mass is 79.9. The highest BCUT2D eigenvalue weighted by Crippen LogP contribution is 2.30. The van der Waals surface area contributed by atoms with E-state index in [0.717, 1.165) is 8.66 Å². The van der Waals surface area contributed by atoms with Gasteiger partial charge in [0.05, 0.1) is 8.66 Å². The molecule has 0 radical (unpaired) electrons. The largest absolute Gasteiger partial charge is 0.456 e. The molecule has 0 fully saturated rings. The van der Waals surface area contributed by atoms with Crippen LogP contribution in [0.1, 0.15) is 23.6 Å². The number of hydrogen-bond donors (Lipinski definition) is 2. The SMILES string of the molecule is Cc1[nH]c(=O)[nH]c(=O)c1CCC(=O)OCc1nnc(-c2ccc(Br)s2)o1. The number of carbonyl (C=O) groups is 1. The molecule has 136 valence electrons. The van der Waals surface area contributed by atoms with Crippen molar-refractivity contribution in [3.05, 3.63) is 53.9 Å². The minimum absolute atomic E-state index is 0.0190. The summed E-state index contributed by atoms with van der Waals surface area (Å²) >= 11 is 4.79. The van der Waals surface area contributed by atoms with E-state index in [1.54, 1.807) is 6.92 Å². The second-order valence-electron chi connectivity index (χ2n) is 5.28. The van der Waals surface area contributed by atoms with E-state index < -0.39 is 17.2 Å². The van der Waals surface area contributed by atoms with Crippen molar-refractivity contribution in [1.29, 1.82) is 0 Å². The lowest BCUT2D eigenvalue weighted by molar-refractivity contribution is -0.145. The average molecular weight is 441 g/mol. The van der Waals surface area contributed by atoms with Gasteiger partial charge in [0, 0.05) is 17.7 Å². The van der Waals surface area contributed by atoms with E-state index in [2.05, 4.69) is 36.1 Å². The molecule has 11 heteroatoms. The maximum Gasteiger partial charge on any atom is 0.325 e. The highest BCUT2D eigenvalue weighted by molar-refractivity contribution is 9.11. The first-order valence-electron chi connectivity index (χ1n) is 7.48. The van der Waals surface area contributed by atoms with Gasteiger partial charge in [-0.25, -0.2) is 4.79 Å². The van der Waals surface area contributed by atoms with Crippen LogP contribution in [0.25, 0.3) is 10.8 Å². The number of aryl methyl sites for hydroxylation is 1. The summed E-state index contributed by atoms with van der Waals surface area (Å²) in [5.41, 5.74) is -0.327. The molecule has 0 unspecified atom stereocenters. The van der Waals surface area contributed by atoms with Crippen LogP contribution in [0.3, 0.4) is 0 Å². The number of aromatic amines is 2. The normalized spacial score (nSPS) is 10.8. The van der Waals surface area contributed by atoms with E-state index in [9.17, 15) is 14.4 Å². The molecule has 26 heavy (non-hydrogen) atoms. The van der Waals surface area contributed by atoms with Gasteiger partial charge in [0.15, 0.2) is 6.61 Å². The molecule has 0 aliphatic heterocycles. The van der Waals surface area contributed by atoms with Crippen LogP contribution in [-0.4, -0.2) is 26.1 Å². The third-order valence-electron chi connectivity index (χ3n) is 3.44. The van der Waals surface area contributed by atoms with Crippen LogP contribution in [0.4, 0.5) is 0 Å². The lowest BCUT2D eigenvalue weighted by Gasteiger charge is -2.04. The summed E-state index contributed by atoms with van der Waals surface area (Å²) in [6.45, 7) is 1.44. The molecule has 2 N–H and O–H groups in total. The minimum Gasteiger partial charge on any atom is -0.456 e. The van der Waals surface area contributed by atoms with Crippen molar-refractivity contribution in [3.63, 3.8) is 0 Å². The Hall–Kier alpha value is -2.53. The highest BCUT2D eigenvalue weighted by Gasteiger charge is 2.14. The number of esters is 1. The van der Waals surface area contributed by atoms with Gasteiger partial charge in [-0.1, -0.05) is 0 Å². The zero-order chi connectivity index (χ0) is 18.7. The molecular formula is C15H13BrN4O5S. The Kier molecular flexibility index (Phi) is 5.47. The van der Waals surface area contributed by atoms with Crippen LogP contribution >= 0.6 is 27.3 Å². The minimum atomic E-state index is -0.580. The van der Waals surface area contributed by atoms with Gasteiger partial charge in [-0.3, -0.25) is 14.6 Å². The molecule has 0 saturated carbocycles. The van der Waals surface area contributed by atoms with Gasteiger partial charge in [0.25, 0.3) is 17.3 Å². The van der Waals surface area contributed by atoms with E-state index in [4.69, 9.17) is 9.15 Å². The van der Waals surface area contributed by atoms with Crippen molar-refractivity contribution in [2.75, 3.05) is 0 Å². The molecule has 0 aromatic carbocycles. The number of ether oxygens (including phenoxy) is 1. The van der Waals surface area contributed by atoms with Gasteiger partial charge in [-0.05, 0) is 41.4 Å². The molecule has 0 saturated heterocycles. The van der Waals surface area contributed by atoms with Crippen LogP contribution in [0.5, 0.6) is 0 Å². The number of H-pyrrole nitrogens is 2. The van der Waals surface area contributed by atoms with Crippen LogP contribution in [0, 0.1) is 6.92 Å². The Balaban J connectivity index is 1.54. The second-order valence-corrected chi connectivity index (χ2v) is 7.74. The molecule has 3 aromatic rings. The van der Waals surface area contributed by atoms with Crippen molar-refractivity contribution >= 4 is 33.2 Å².